The van der Waals surface area contributed by atoms with Gasteiger partial charge in [0.05, 0.1) is 23.6 Å². The third-order valence-electron chi connectivity index (χ3n) is 2.12. The molecule has 1 aromatic carbocycles. The van der Waals surface area contributed by atoms with Crippen LogP contribution < -0.4 is 4.72 Å². The van der Waals surface area contributed by atoms with Gasteiger partial charge >= 0.3 is 6.18 Å². The molecule has 0 aliphatic rings. The lowest BCUT2D eigenvalue weighted by Crippen LogP contribution is -2.20. The Kier molecular flexibility index (Phi) is 5.22. The normalized spacial score (nSPS) is 12.5. The van der Waals surface area contributed by atoms with Gasteiger partial charge in [0.25, 0.3) is 0 Å². The molecule has 0 aliphatic heterocycles. The molecule has 0 amide bonds. The quantitative estimate of drug-likeness (QED) is 0.877. The minimum atomic E-state index is -4.53. The summed E-state index contributed by atoms with van der Waals surface area (Å²) >= 11 is 2.99. The Balaban J connectivity index is 3.01. The fourth-order valence-corrected chi connectivity index (χ4v) is 2.66. The molecule has 0 unspecified atom stereocenters. The van der Waals surface area contributed by atoms with Gasteiger partial charge in [0.1, 0.15) is 0 Å². The van der Waals surface area contributed by atoms with Crippen LogP contribution in [0.15, 0.2) is 22.7 Å². The van der Waals surface area contributed by atoms with Crippen LogP contribution in [-0.4, -0.2) is 27.9 Å². The van der Waals surface area contributed by atoms with Crippen LogP contribution in [-0.2, 0) is 20.9 Å². The van der Waals surface area contributed by atoms with E-state index in [-0.39, 0.29) is 22.5 Å². The molecule has 9 heteroatoms. The van der Waals surface area contributed by atoms with Crippen molar-refractivity contribution < 1.29 is 26.3 Å². The minimum Gasteiger partial charge on any atom is -0.384 e. The Morgan fingerprint density at radius 2 is 2.00 bits per heavy atom. The number of hydrogen-bond donors (Lipinski definition) is 1. The SMILES string of the molecule is COCCS(=O)(=O)Nc1cc(C(F)(F)F)ccc1Br. The standard InChI is InChI=1S/C10H11BrF3NO3S/c1-18-4-5-19(16,17)15-9-6-7(10(12,13)14)2-3-8(9)11/h2-3,6,15H,4-5H2,1H3. The van der Waals surface area contributed by atoms with Gasteiger partial charge in [0.15, 0.2) is 0 Å². The van der Waals surface area contributed by atoms with E-state index in [1.807, 2.05) is 0 Å². The predicted octanol–water partition coefficient (Wildman–Crippen LogP) is 2.86. The number of rotatable bonds is 5. The van der Waals surface area contributed by atoms with Gasteiger partial charge in [0.2, 0.25) is 10.0 Å². The highest BCUT2D eigenvalue weighted by Crippen LogP contribution is 2.34. The van der Waals surface area contributed by atoms with Crippen LogP contribution in [0.4, 0.5) is 18.9 Å². The van der Waals surface area contributed by atoms with E-state index in [2.05, 4.69) is 25.4 Å². The number of alkyl halides is 3. The van der Waals surface area contributed by atoms with Crippen molar-refractivity contribution in [3.05, 3.63) is 28.2 Å². The van der Waals surface area contributed by atoms with E-state index in [9.17, 15) is 21.6 Å². The summed E-state index contributed by atoms with van der Waals surface area (Å²) in [5.41, 5.74) is -1.09. The first-order chi connectivity index (χ1) is 8.65. The molecular weight excluding hydrogens is 351 g/mol. The molecular formula is C10H11BrF3NO3S. The van der Waals surface area contributed by atoms with Crippen molar-refractivity contribution in [2.45, 2.75) is 6.18 Å². The molecule has 0 spiro atoms. The molecule has 0 radical (unpaired) electrons. The number of methoxy groups -OCH3 is 1. The largest absolute Gasteiger partial charge is 0.416 e. The zero-order valence-electron chi connectivity index (χ0n) is 9.79. The van der Waals surface area contributed by atoms with Gasteiger partial charge in [-0.05, 0) is 34.1 Å². The average Bonchev–Trinajstić information content (AvgIpc) is 2.28. The van der Waals surface area contributed by atoms with Crippen LogP contribution in [0.2, 0.25) is 0 Å². The van der Waals surface area contributed by atoms with Gasteiger partial charge in [0, 0.05) is 11.6 Å². The molecule has 0 fully saturated rings. The molecule has 1 N–H and O–H groups in total. The molecule has 0 atom stereocenters. The molecule has 19 heavy (non-hydrogen) atoms. The fourth-order valence-electron chi connectivity index (χ4n) is 1.19. The second-order valence-corrected chi connectivity index (χ2v) is 6.30. The first-order valence-corrected chi connectivity index (χ1v) is 7.46. The lowest BCUT2D eigenvalue weighted by molar-refractivity contribution is -0.137. The molecule has 0 saturated carbocycles. The zero-order valence-corrected chi connectivity index (χ0v) is 12.2. The Bertz CT molecular complexity index is 545. The maximum atomic E-state index is 12.5. The van der Waals surface area contributed by atoms with Crippen LogP contribution in [0.25, 0.3) is 0 Å². The lowest BCUT2D eigenvalue weighted by Gasteiger charge is -2.12. The van der Waals surface area contributed by atoms with Gasteiger partial charge in [-0.1, -0.05) is 0 Å². The second-order valence-electron chi connectivity index (χ2n) is 3.61. The number of halogens is 4. The number of hydrogen-bond acceptors (Lipinski definition) is 3. The third kappa shape index (κ3) is 5.00. The summed E-state index contributed by atoms with van der Waals surface area (Å²) in [6, 6.07) is 2.72. The van der Waals surface area contributed by atoms with Crippen molar-refractivity contribution in [1.29, 1.82) is 0 Å². The smallest absolute Gasteiger partial charge is 0.384 e. The van der Waals surface area contributed by atoms with Crippen molar-refractivity contribution in [2.24, 2.45) is 0 Å². The second kappa shape index (κ2) is 6.10. The molecule has 1 rings (SSSR count). The first-order valence-electron chi connectivity index (χ1n) is 5.02. The molecule has 0 heterocycles. The highest BCUT2D eigenvalue weighted by atomic mass is 79.9. The zero-order chi connectivity index (χ0) is 14.7. The number of nitrogens with one attached hydrogen (secondary N) is 1. The number of sulfonamides is 1. The van der Waals surface area contributed by atoms with E-state index in [4.69, 9.17) is 0 Å². The summed E-state index contributed by atoms with van der Waals surface area (Å²) in [6.45, 7) is -0.0497. The van der Waals surface area contributed by atoms with Crippen LogP contribution in [0, 0.1) is 0 Å². The number of ether oxygens (including phenoxy) is 1. The monoisotopic (exact) mass is 361 g/mol. The van der Waals surface area contributed by atoms with Gasteiger partial charge < -0.3 is 4.74 Å². The molecule has 0 saturated heterocycles. The number of anilines is 1. The summed E-state index contributed by atoms with van der Waals surface area (Å²) in [4.78, 5) is 0. The summed E-state index contributed by atoms with van der Waals surface area (Å²) < 4.78 is 67.6. The fraction of sp³-hybridized carbons (Fsp3) is 0.400. The van der Waals surface area contributed by atoms with E-state index in [0.29, 0.717) is 0 Å². The summed E-state index contributed by atoms with van der Waals surface area (Å²) in [5, 5.41) is 0. The average molecular weight is 362 g/mol. The van der Waals surface area contributed by atoms with Crippen molar-refractivity contribution in [3.8, 4) is 0 Å². The Morgan fingerprint density at radius 1 is 1.37 bits per heavy atom. The summed E-state index contributed by atoms with van der Waals surface area (Å²) in [5.74, 6) is -0.341. The number of benzene rings is 1. The van der Waals surface area contributed by atoms with Crippen molar-refractivity contribution in [2.75, 3.05) is 24.2 Å². The van der Waals surface area contributed by atoms with E-state index in [1.165, 1.54) is 7.11 Å². The molecule has 0 bridgehead atoms. The van der Waals surface area contributed by atoms with Crippen LogP contribution in [0.1, 0.15) is 5.56 Å². The van der Waals surface area contributed by atoms with Gasteiger partial charge in [-0.15, -0.1) is 0 Å². The van der Waals surface area contributed by atoms with Crippen LogP contribution in [0.3, 0.4) is 0 Å². The molecule has 4 nitrogen and oxygen atoms in total. The maximum absolute atomic E-state index is 12.5. The Labute approximate surface area is 117 Å². The van der Waals surface area contributed by atoms with Crippen LogP contribution >= 0.6 is 15.9 Å². The van der Waals surface area contributed by atoms with Crippen molar-refractivity contribution in [3.63, 3.8) is 0 Å². The third-order valence-corrected chi connectivity index (χ3v) is 4.04. The van der Waals surface area contributed by atoms with E-state index in [1.54, 1.807) is 0 Å². The minimum absolute atomic E-state index is 0.0497. The van der Waals surface area contributed by atoms with Crippen molar-refractivity contribution >= 4 is 31.6 Å². The summed E-state index contributed by atoms with van der Waals surface area (Å²) in [7, 11) is -2.42. The molecule has 0 aromatic heterocycles. The molecule has 0 aliphatic carbocycles. The van der Waals surface area contributed by atoms with Gasteiger partial charge in [-0.2, -0.15) is 13.2 Å². The van der Waals surface area contributed by atoms with E-state index < -0.39 is 21.8 Å². The maximum Gasteiger partial charge on any atom is 0.416 e. The van der Waals surface area contributed by atoms with Crippen molar-refractivity contribution in [1.82, 2.24) is 0 Å². The topological polar surface area (TPSA) is 55.4 Å². The molecule has 1 aromatic rings. The Morgan fingerprint density at radius 3 is 2.53 bits per heavy atom. The highest BCUT2D eigenvalue weighted by molar-refractivity contribution is 9.10. The van der Waals surface area contributed by atoms with Gasteiger partial charge in [-0.3, -0.25) is 4.72 Å². The first kappa shape index (κ1) is 16.3. The lowest BCUT2D eigenvalue weighted by atomic mass is 10.2. The summed E-state index contributed by atoms with van der Waals surface area (Å²) in [6.07, 6.45) is -4.53. The Hall–Kier alpha value is -0.800. The van der Waals surface area contributed by atoms with Crippen LogP contribution in [0.5, 0.6) is 0 Å². The van der Waals surface area contributed by atoms with E-state index in [0.717, 1.165) is 18.2 Å². The van der Waals surface area contributed by atoms with E-state index >= 15 is 0 Å². The molecule has 108 valence electrons. The highest BCUT2D eigenvalue weighted by Gasteiger charge is 2.31. The predicted molar refractivity (Wildman–Crippen MR) is 68.4 cm³/mol. The van der Waals surface area contributed by atoms with Gasteiger partial charge in [-0.25, -0.2) is 8.42 Å².